The third-order valence-corrected chi connectivity index (χ3v) is 6.79. The molecule has 2 saturated heterocycles. The Hall–Kier alpha value is -3.56. The highest BCUT2D eigenvalue weighted by atomic mass is 16.8. The van der Waals surface area contributed by atoms with Gasteiger partial charge in [0, 0.05) is 18.8 Å². The van der Waals surface area contributed by atoms with Crippen molar-refractivity contribution in [3.05, 3.63) is 69.0 Å². The van der Waals surface area contributed by atoms with Crippen LogP contribution in [0.25, 0.3) is 0 Å². The molecule has 0 spiro atoms. The van der Waals surface area contributed by atoms with Gasteiger partial charge in [0.15, 0.2) is 12.0 Å². The molecule has 3 heterocycles. The summed E-state index contributed by atoms with van der Waals surface area (Å²) in [7, 11) is 0. The topological polar surface area (TPSA) is 174 Å². The average molecular weight is 604 g/mol. The summed E-state index contributed by atoms with van der Waals surface area (Å²) < 4.78 is 31.5. The van der Waals surface area contributed by atoms with Crippen molar-refractivity contribution in [2.24, 2.45) is 5.73 Å². The van der Waals surface area contributed by atoms with Crippen LogP contribution in [0.15, 0.2) is 52.2 Å². The fourth-order valence-corrected chi connectivity index (χ4v) is 5.00. The lowest BCUT2D eigenvalue weighted by Crippen LogP contribution is -2.54. The van der Waals surface area contributed by atoms with E-state index < -0.39 is 65.2 Å². The molecule has 14 heteroatoms. The number of aromatic nitrogens is 2. The van der Waals surface area contributed by atoms with E-state index in [1.54, 1.807) is 34.6 Å². The van der Waals surface area contributed by atoms with Crippen LogP contribution in [0.3, 0.4) is 0 Å². The second-order valence-corrected chi connectivity index (χ2v) is 11.9. The van der Waals surface area contributed by atoms with Crippen LogP contribution in [0.4, 0.5) is 4.79 Å². The predicted molar refractivity (Wildman–Crippen MR) is 154 cm³/mol. The third-order valence-electron chi connectivity index (χ3n) is 6.79. The number of carbonyl (C=O) groups is 2. The molecule has 4 rings (SSSR count). The van der Waals surface area contributed by atoms with Gasteiger partial charge in [-0.05, 0) is 53.1 Å². The standard InChI is InChI=1S/C29H41N5O9/c1-28(2,3)43-26(37)32-14-9-13-31-20(24(30)36)21-22-23(42-29(4,5)41-22)25(40-21)33-15-12-19(35)34(27(33)38)17-39-16-18-10-7-6-8-11-18/h6-8,10-12,15,20-23,25,31H,9,13-14,16-17H2,1-5H3,(H2,30,36)(H,32,37)/t20-,21-,22-,23-,25-/m1/s1. The molecule has 2 aliphatic heterocycles. The number of carbonyl (C=O) groups excluding carboxylic acids is 2. The minimum Gasteiger partial charge on any atom is -0.444 e. The van der Waals surface area contributed by atoms with Crippen molar-refractivity contribution < 1.29 is 33.3 Å². The molecule has 0 bridgehead atoms. The molecule has 2 fully saturated rings. The SMILES string of the molecule is CC(C)(C)OC(=O)NCCCN[C@@H](C(N)=O)[C@H]1O[C@@H](n2ccc(=O)n(COCc3ccccc3)c2=O)[C@@H]2OC(C)(C)O[C@@H]21. The summed E-state index contributed by atoms with van der Waals surface area (Å²) >= 11 is 0. The molecule has 0 saturated carbocycles. The van der Waals surface area contributed by atoms with Gasteiger partial charge in [-0.2, -0.15) is 0 Å². The van der Waals surface area contributed by atoms with Crippen molar-refractivity contribution in [2.45, 2.75) is 96.3 Å². The van der Waals surface area contributed by atoms with Crippen molar-refractivity contribution in [1.82, 2.24) is 19.8 Å². The van der Waals surface area contributed by atoms with Crippen LogP contribution in [0.5, 0.6) is 0 Å². The summed E-state index contributed by atoms with van der Waals surface area (Å²) in [4.78, 5) is 50.5. The highest BCUT2D eigenvalue weighted by Gasteiger charge is 2.58. The first-order valence-corrected chi connectivity index (χ1v) is 14.2. The maximum absolute atomic E-state index is 13.5. The Labute approximate surface area is 249 Å². The Bertz CT molecular complexity index is 1390. The van der Waals surface area contributed by atoms with E-state index in [9.17, 15) is 19.2 Å². The van der Waals surface area contributed by atoms with E-state index in [0.717, 1.165) is 10.1 Å². The number of ether oxygens (including phenoxy) is 5. The number of nitrogens with two attached hydrogens (primary N) is 1. The highest BCUT2D eigenvalue weighted by molar-refractivity contribution is 5.80. The number of benzene rings is 1. The van der Waals surface area contributed by atoms with Gasteiger partial charge in [-0.3, -0.25) is 14.2 Å². The molecule has 0 aliphatic carbocycles. The molecule has 0 radical (unpaired) electrons. The van der Waals surface area contributed by atoms with Crippen molar-refractivity contribution in [2.75, 3.05) is 13.1 Å². The molecule has 2 aliphatic rings. The highest BCUT2D eigenvalue weighted by Crippen LogP contribution is 2.43. The molecular formula is C29H41N5O9. The first-order chi connectivity index (χ1) is 20.3. The molecular weight excluding hydrogens is 562 g/mol. The van der Waals surface area contributed by atoms with E-state index >= 15 is 0 Å². The molecule has 14 nitrogen and oxygen atoms in total. The second kappa shape index (κ2) is 13.4. The van der Waals surface area contributed by atoms with E-state index in [2.05, 4.69) is 10.6 Å². The maximum atomic E-state index is 13.5. The van der Waals surface area contributed by atoms with Crippen LogP contribution in [-0.4, -0.2) is 70.0 Å². The number of hydrogen-bond donors (Lipinski definition) is 3. The van der Waals surface area contributed by atoms with Crippen LogP contribution >= 0.6 is 0 Å². The Morgan fingerprint density at radius 2 is 1.77 bits per heavy atom. The first kappa shape index (κ1) is 32.4. The molecule has 1 aromatic carbocycles. The predicted octanol–water partition coefficient (Wildman–Crippen LogP) is 0.960. The van der Waals surface area contributed by atoms with E-state index in [0.29, 0.717) is 19.5 Å². The number of nitrogens with zero attached hydrogens (tertiary/aromatic N) is 2. The van der Waals surface area contributed by atoms with Gasteiger partial charge < -0.3 is 40.1 Å². The Morgan fingerprint density at radius 1 is 1.07 bits per heavy atom. The van der Waals surface area contributed by atoms with Crippen molar-refractivity contribution in [1.29, 1.82) is 0 Å². The first-order valence-electron chi connectivity index (χ1n) is 14.2. The molecule has 43 heavy (non-hydrogen) atoms. The lowest BCUT2D eigenvalue weighted by Gasteiger charge is -2.28. The third kappa shape index (κ3) is 8.30. The monoisotopic (exact) mass is 603 g/mol. The van der Waals surface area contributed by atoms with Crippen LogP contribution < -0.4 is 27.6 Å². The summed E-state index contributed by atoms with van der Waals surface area (Å²) in [5.41, 5.74) is 4.82. The fraction of sp³-hybridized carbons (Fsp3) is 0.586. The van der Waals surface area contributed by atoms with Gasteiger partial charge in [-0.1, -0.05) is 30.3 Å². The summed E-state index contributed by atoms with van der Waals surface area (Å²) in [5, 5.41) is 5.74. The number of fused-ring (bicyclic) bond motifs is 1. The summed E-state index contributed by atoms with van der Waals surface area (Å²) in [6.07, 6.45) is -2.24. The van der Waals surface area contributed by atoms with Gasteiger partial charge in [-0.15, -0.1) is 0 Å². The number of hydrogen-bond acceptors (Lipinski definition) is 10. The van der Waals surface area contributed by atoms with Crippen molar-refractivity contribution in [3.63, 3.8) is 0 Å². The van der Waals surface area contributed by atoms with Crippen molar-refractivity contribution in [3.8, 4) is 0 Å². The largest absolute Gasteiger partial charge is 0.444 e. The summed E-state index contributed by atoms with van der Waals surface area (Å²) in [5.74, 6) is -1.73. The average Bonchev–Trinajstić information content (AvgIpc) is 3.40. The summed E-state index contributed by atoms with van der Waals surface area (Å²) in [6.45, 7) is 9.28. The quantitative estimate of drug-likeness (QED) is 0.297. The van der Waals surface area contributed by atoms with E-state index in [1.807, 2.05) is 30.3 Å². The molecule has 2 amide bonds. The Morgan fingerprint density at radius 3 is 2.44 bits per heavy atom. The number of alkyl carbamates (subject to hydrolysis) is 1. The smallest absolute Gasteiger partial charge is 0.407 e. The van der Waals surface area contributed by atoms with E-state index in [-0.39, 0.29) is 13.3 Å². The summed E-state index contributed by atoms with van der Waals surface area (Å²) in [6, 6.07) is 9.59. The lowest BCUT2D eigenvalue weighted by atomic mass is 10.0. The van der Waals surface area contributed by atoms with Gasteiger partial charge in [0.1, 0.15) is 36.7 Å². The van der Waals surface area contributed by atoms with E-state index in [1.165, 1.54) is 16.8 Å². The molecule has 4 N–H and O–H groups in total. The van der Waals surface area contributed by atoms with Crippen molar-refractivity contribution >= 4 is 12.0 Å². The van der Waals surface area contributed by atoms with Gasteiger partial charge in [0.05, 0.1) is 6.61 Å². The van der Waals surface area contributed by atoms with Gasteiger partial charge in [-0.25, -0.2) is 14.2 Å². The number of nitrogens with one attached hydrogen (secondary N) is 2. The molecule has 0 unspecified atom stereocenters. The maximum Gasteiger partial charge on any atom is 0.407 e. The Kier molecular flexibility index (Phi) is 10.1. The lowest BCUT2D eigenvalue weighted by molar-refractivity contribution is -0.200. The fourth-order valence-electron chi connectivity index (χ4n) is 5.00. The van der Waals surface area contributed by atoms with Crippen LogP contribution in [0, 0.1) is 0 Å². The van der Waals surface area contributed by atoms with Gasteiger partial charge in [0.25, 0.3) is 5.56 Å². The number of rotatable bonds is 12. The van der Waals surface area contributed by atoms with Crippen LogP contribution in [0.2, 0.25) is 0 Å². The zero-order valence-corrected chi connectivity index (χ0v) is 25.1. The molecule has 2 aromatic rings. The van der Waals surface area contributed by atoms with Crippen LogP contribution in [0.1, 0.15) is 52.8 Å². The van der Waals surface area contributed by atoms with Gasteiger partial charge >= 0.3 is 11.8 Å². The molecule has 1 aromatic heterocycles. The second-order valence-electron chi connectivity index (χ2n) is 11.9. The minimum absolute atomic E-state index is 0.207. The molecule has 236 valence electrons. The van der Waals surface area contributed by atoms with Crippen LogP contribution in [-0.2, 0) is 41.8 Å². The van der Waals surface area contributed by atoms with E-state index in [4.69, 9.17) is 29.4 Å². The zero-order chi connectivity index (χ0) is 31.4. The number of primary amides is 1. The zero-order valence-electron chi connectivity index (χ0n) is 25.1. The Balaban J connectivity index is 1.46. The number of amides is 2. The minimum atomic E-state index is -1.04. The van der Waals surface area contributed by atoms with Gasteiger partial charge in [0.2, 0.25) is 5.91 Å². The molecule has 5 atom stereocenters. The normalized spacial score (nSPS) is 23.5.